The van der Waals surface area contributed by atoms with Crippen LogP contribution in [0.3, 0.4) is 0 Å². The highest BCUT2D eigenvalue weighted by Crippen LogP contribution is 2.36. The highest BCUT2D eigenvalue weighted by atomic mass is 16.6. The maximum absolute atomic E-state index is 12.8. The first-order valence-electron chi connectivity index (χ1n) is 12.7. The molecule has 3 unspecified atom stereocenters. The van der Waals surface area contributed by atoms with Crippen LogP contribution < -0.4 is 0 Å². The third-order valence-corrected chi connectivity index (χ3v) is 6.51. The molecule has 0 aliphatic carbocycles. The fourth-order valence-electron chi connectivity index (χ4n) is 4.16. The van der Waals surface area contributed by atoms with E-state index in [9.17, 15) is 20.1 Å². The van der Waals surface area contributed by atoms with Crippen molar-refractivity contribution in [2.75, 3.05) is 13.2 Å². The Hall–Kier alpha value is -3.05. The predicted octanol–water partition coefficient (Wildman–Crippen LogP) is 2.80. The van der Waals surface area contributed by atoms with E-state index in [0.29, 0.717) is 28.7 Å². The van der Waals surface area contributed by atoms with Crippen LogP contribution in [0.15, 0.2) is 36.4 Å². The standard InChI is InChI=1S/C28H39N3O7/c1-17(23(34)15-32)38-28(5,6)24(16-33)37-25(35)12-11-18-13-19(27(2,3)4)26(36)22(14-18)31-29-20-9-7-8-10-21(20)30-31/h7-10,13-14,17,23-24,32-34,36H,11-12,15-16H2,1-6H3. The van der Waals surface area contributed by atoms with Gasteiger partial charge in [-0.25, -0.2) is 0 Å². The van der Waals surface area contributed by atoms with Gasteiger partial charge >= 0.3 is 5.97 Å². The number of esters is 1. The summed E-state index contributed by atoms with van der Waals surface area (Å²) in [5.41, 5.74) is 1.78. The summed E-state index contributed by atoms with van der Waals surface area (Å²) in [5, 5.41) is 48.9. The van der Waals surface area contributed by atoms with Gasteiger partial charge in [-0.1, -0.05) is 39.0 Å². The summed E-state index contributed by atoms with van der Waals surface area (Å²) in [7, 11) is 0. The fraction of sp³-hybridized carbons (Fsp3) is 0.536. The first-order chi connectivity index (χ1) is 17.8. The molecule has 0 amide bonds. The first-order valence-corrected chi connectivity index (χ1v) is 12.7. The molecule has 0 aliphatic rings. The average Bonchev–Trinajstić information content (AvgIpc) is 3.29. The minimum Gasteiger partial charge on any atom is -0.505 e. The number of nitrogens with zero attached hydrogens (tertiary/aromatic N) is 3. The van der Waals surface area contributed by atoms with Crippen molar-refractivity contribution in [3.05, 3.63) is 47.5 Å². The van der Waals surface area contributed by atoms with Gasteiger partial charge in [0.1, 0.15) is 34.2 Å². The van der Waals surface area contributed by atoms with Gasteiger partial charge in [0.25, 0.3) is 0 Å². The van der Waals surface area contributed by atoms with E-state index in [0.717, 1.165) is 5.56 Å². The Labute approximate surface area is 222 Å². The lowest BCUT2D eigenvalue weighted by molar-refractivity contribution is -0.193. The van der Waals surface area contributed by atoms with Gasteiger partial charge in [0.2, 0.25) is 0 Å². The molecule has 2 aromatic carbocycles. The van der Waals surface area contributed by atoms with E-state index in [2.05, 4.69) is 10.2 Å². The summed E-state index contributed by atoms with van der Waals surface area (Å²) < 4.78 is 11.3. The van der Waals surface area contributed by atoms with Crippen molar-refractivity contribution in [1.29, 1.82) is 0 Å². The van der Waals surface area contributed by atoms with Gasteiger partial charge in [-0.3, -0.25) is 4.79 Å². The molecule has 1 aromatic heterocycles. The van der Waals surface area contributed by atoms with Crippen LogP contribution in [0, 0.1) is 0 Å². The van der Waals surface area contributed by atoms with Crippen LogP contribution in [-0.2, 0) is 26.1 Å². The second kappa shape index (κ2) is 11.8. The van der Waals surface area contributed by atoms with Gasteiger partial charge in [0, 0.05) is 12.0 Å². The maximum Gasteiger partial charge on any atom is 0.306 e. The zero-order chi connectivity index (χ0) is 28.3. The molecule has 208 valence electrons. The van der Waals surface area contributed by atoms with Gasteiger partial charge in [0.05, 0.1) is 19.3 Å². The Balaban J connectivity index is 1.80. The van der Waals surface area contributed by atoms with E-state index in [1.54, 1.807) is 26.8 Å². The topological polar surface area (TPSA) is 147 Å². The molecule has 3 atom stereocenters. The van der Waals surface area contributed by atoms with Gasteiger partial charge in [-0.2, -0.15) is 0 Å². The van der Waals surface area contributed by atoms with E-state index in [4.69, 9.17) is 14.6 Å². The number of aromatic hydroxyl groups is 1. The summed E-state index contributed by atoms with van der Waals surface area (Å²) in [5.74, 6) is -0.464. The first kappa shape index (κ1) is 29.5. The van der Waals surface area contributed by atoms with Crippen LogP contribution in [0.25, 0.3) is 16.7 Å². The van der Waals surface area contributed by atoms with Gasteiger partial charge in [0.15, 0.2) is 6.10 Å². The number of carbonyl (C=O) groups is 1. The average molecular weight is 530 g/mol. The van der Waals surface area contributed by atoms with Crippen molar-refractivity contribution < 1.29 is 34.7 Å². The molecule has 1 heterocycles. The zero-order valence-corrected chi connectivity index (χ0v) is 22.9. The second-order valence-corrected chi connectivity index (χ2v) is 11.1. The highest BCUT2D eigenvalue weighted by Gasteiger charge is 2.36. The molecule has 3 aromatic rings. The number of carbonyl (C=O) groups excluding carboxylic acids is 1. The summed E-state index contributed by atoms with van der Waals surface area (Å²) in [6.07, 6.45) is -2.49. The fourth-order valence-corrected chi connectivity index (χ4v) is 4.16. The molecule has 0 radical (unpaired) electrons. The van der Waals surface area contributed by atoms with Crippen molar-refractivity contribution >= 4 is 17.0 Å². The second-order valence-electron chi connectivity index (χ2n) is 11.1. The maximum atomic E-state index is 12.8. The molecule has 3 rings (SSSR count). The number of aromatic nitrogens is 3. The van der Waals surface area contributed by atoms with Crippen LogP contribution in [-0.4, -0.2) is 78.5 Å². The summed E-state index contributed by atoms with van der Waals surface area (Å²) in [6, 6.07) is 11.0. The smallest absolute Gasteiger partial charge is 0.306 e. The van der Waals surface area contributed by atoms with Crippen LogP contribution in [0.5, 0.6) is 5.75 Å². The zero-order valence-electron chi connectivity index (χ0n) is 22.9. The van der Waals surface area contributed by atoms with Crippen LogP contribution in [0.1, 0.15) is 59.1 Å². The molecule has 10 heteroatoms. The third-order valence-electron chi connectivity index (χ3n) is 6.51. The van der Waals surface area contributed by atoms with Crippen molar-refractivity contribution in [1.82, 2.24) is 15.0 Å². The molecule has 0 fully saturated rings. The molecular weight excluding hydrogens is 490 g/mol. The lowest BCUT2D eigenvalue weighted by Gasteiger charge is -2.36. The minimum absolute atomic E-state index is 0.0176. The molecule has 0 bridgehead atoms. The molecule has 0 spiro atoms. The number of ether oxygens (including phenoxy) is 2. The number of aliphatic hydroxyl groups is 3. The lowest BCUT2D eigenvalue weighted by Crippen LogP contribution is -2.48. The normalized spacial score (nSPS) is 14.9. The number of phenols is 1. The number of rotatable bonds is 11. The number of aryl methyl sites for hydroxylation is 1. The predicted molar refractivity (Wildman–Crippen MR) is 142 cm³/mol. The van der Waals surface area contributed by atoms with Gasteiger partial charge < -0.3 is 29.9 Å². The van der Waals surface area contributed by atoms with Crippen LogP contribution in [0.4, 0.5) is 0 Å². The number of aliphatic hydroxyl groups excluding tert-OH is 3. The Morgan fingerprint density at radius 1 is 1.03 bits per heavy atom. The number of fused-ring (bicyclic) bond motifs is 1. The third kappa shape index (κ3) is 6.87. The molecule has 10 nitrogen and oxygen atoms in total. The Kier molecular flexibility index (Phi) is 9.14. The van der Waals surface area contributed by atoms with Crippen LogP contribution in [0.2, 0.25) is 0 Å². The van der Waals surface area contributed by atoms with Crippen LogP contribution >= 0.6 is 0 Å². The quantitative estimate of drug-likeness (QED) is 0.275. The van der Waals surface area contributed by atoms with Crippen molar-refractivity contribution in [3.63, 3.8) is 0 Å². The van der Waals surface area contributed by atoms with Gasteiger partial charge in [-0.15, -0.1) is 15.0 Å². The number of phenolic OH excluding ortho intramolecular Hbond substituents is 1. The Bertz CT molecular complexity index is 1220. The molecule has 0 saturated heterocycles. The SMILES string of the molecule is CC(OC(C)(C)C(CO)OC(=O)CCc1cc(-n2nc3ccccc3n2)c(O)c(C(C)(C)C)c1)C(O)CO. The van der Waals surface area contributed by atoms with Gasteiger partial charge in [-0.05, 0) is 56.4 Å². The van der Waals surface area contributed by atoms with Crippen molar-refractivity contribution in [2.24, 2.45) is 0 Å². The number of hydrogen-bond donors (Lipinski definition) is 4. The van der Waals surface area contributed by atoms with E-state index >= 15 is 0 Å². The summed E-state index contributed by atoms with van der Waals surface area (Å²) in [4.78, 5) is 14.2. The molecule has 0 saturated carbocycles. The van der Waals surface area contributed by atoms with E-state index in [1.165, 1.54) is 4.80 Å². The number of benzene rings is 2. The minimum atomic E-state index is -1.11. The molecule has 38 heavy (non-hydrogen) atoms. The monoisotopic (exact) mass is 529 g/mol. The Morgan fingerprint density at radius 3 is 2.16 bits per heavy atom. The molecule has 0 aliphatic heterocycles. The number of hydrogen-bond acceptors (Lipinski definition) is 9. The highest BCUT2D eigenvalue weighted by molar-refractivity contribution is 5.74. The lowest BCUT2D eigenvalue weighted by atomic mass is 9.84. The summed E-state index contributed by atoms with van der Waals surface area (Å²) >= 11 is 0. The van der Waals surface area contributed by atoms with E-state index in [1.807, 2.05) is 51.1 Å². The molecule has 4 N–H and O–H groups in total. The summed E-state index contributed by atoms with van der Waals surface area (Å²) in [6.45, 7) is 9.88. The van der Waals surface area contributed by atoms with Crippen molar-refractivity contribution in [2.45, 2.75) is 83.7 Å². The largest absolute Gasteiger partial charge is 0.505 e. The van der Waals surface area contributed by atoms with E-state index < -0.39 is 43.1 Å². The Morgan fingerprint density at radius 2 is 1.63 bits per heavy atom. The molecular formula is C28H39N3O7. The van der Waals surface area contributed by atoms with E-state index in [-0.39, 0.29) is 17.6 Å². The van der Waals surface area contributed by atoms with Crippen molar-refractivity contribution in [3.8, 4) is 11.4 Å².